The Labute approximate surface area is 172 Å². The summed E-state index contributed by atoms with van der Waals surface area (Å²) in [4.78, 5) is 11.7. The van der Waals surface area contributed by atoms with Gasteiger partial charge in [0.05, 0.1) is 22.3 Å². The summed E-state index contributed by atoms with van der Waals surface area (Å²) < 4.78 is 11.0. The Morgan fingerprint density at radius 1 is 1.07 bits per heavy atom. The van der Waals surface area contributed by atoms with Gasteiger partial charge < -0.3 is 14.4 Å². The van der Waals surface area contributed by atoms with E-state index >= 15 is 0 Å². The monoisotopic (exact) mass is 419 g/mol. The van der Waals surface area contributed by atoms with E-state index in [1.165, 1.54) is 9.75 Å². The van der Waals surface area contributed by atoms with E-state index in [1.54, 1.807) is 11.3 Å². The number of likely N-dealkylation sites (N-methyl/N-ethyl adjacent to an activating group) is 1. The summed E-state index contributed by atoms with van der Waals surface area (Å²) in [5.41, 5.74) is 3.93. The molecule has 0 bridgehead atoms. The molecular formula is C19H22ClN5O2S. The van der Waals surface area contributed by atoms with Crippen molar-refractivity contribution in [2.24, 2.45) is 0 Å². The highest BCUT2D eigenvalue weighted by Crippen LogP contribution is 2.36. The second-order valence-electron chi connectivity index (χ2n) is 6.74. The number of thiophene rings is 1. The molecule has 148 valence electrons. The number of pyridine rings is 1. The molecule has 0 saturated heterocycles. The van der Waals surface area contributed by atoms with E-state index in [0.717, 1.165) is 27.9 Å². The first kappa shape index (κ1) is 20.4. The minimum atomic E-state index is 0. The lowest BCUT2D eigenvalue weighted by Crippen LogP contribution is -2.24. The fourth-order valence-electron chi connectivity index (χ4n) is 3.11. The largest absolute Gasteiger partial charge is 0.335 e. The first-order valence-corrected chi connectivity index (χ1v) is 9.62. The van der Waals surface area contributed by atoms with Crippen LogP contribution in [-0.2, 0) is 6.42 Å². The molecule has 0 fully saturated rings. The number of aromatic nitrogens is 4. The van der Waals surface area contributed by atoms with Crippen molar-refractivity contribution < 1.29 is 9.05 Å². The SMILES string of the molecule is CNC(C)Cc1noc(-c2cc(-c3cc(C)sc3C)nc3onc(C)c23)n1.Cl. The van der Waals surface area contributed by atoms with Gasteiger partial charge in [-0.2, -0.15) is 4.98 Å². The molecule has 0 radical (unpaired) electrons. The molecule has 4 rings (SSSR count). The van der Waals surface area contributed by atoms with Crippen LogP contribution in [0.15, 0.2) is 21.2 Å². The van der Waals surface area contributed by atoms with Crippen molar-refractivity contribution in [1.29, 1.82) is 0 Å². The van der Waals surface area contributed by atoms with Gasteiger partial charge in [-0.1, -0.05) is 10.3 Å². The molecule has 9 heteroatoms. The van der Waals surface area contributed by atoms with Crippen LogP contribution >= 0.6 is 23.7 Å². The summed E-state index contributed by atoms with van der Waals surface area (Å²) in [7, 11) is 1.91. The van der Waals surface area contributed by atoms with Crippen molar-refractivity contribution in [2.45, 2.75) is 40.2 Å². The van der Waals surface area contributed by atoms with Crippen LogP contribution < -0.4 is 5.32 Å². The minimum Gasteiger partial charge on any atom is -0.335 e. The van der Waals surface area contributed by atoms with Gasteiger partial charge in [0, 0.05) is 27.8 Å². The molecule has 1 N–H and O–H groups in total. The highest BCUT2D eigenvalue weighted by molar-refractivity contribution is 7.12. The van der Waals surface area contributed by atoms with E-state index in [0.29, 0.717) is 23.8 Å². The lowest BCUT2D eigenvalue weighted by atomic mass is 10.1. The third-order valence-corrected chi connectivity index (χ3v) is 5.58. The normalized spacial score (nSPS) is 12.3. The topological polar surface area (TPSA) is 89.9 Å². The van der Waals surface area contributed by atoms with E-state index in [1.807, 2.05) is 20.0 Å². The fourth-order valence-corrected chi connectivity index (χ4v) is 4.04. The average molecular weight is 420 g/mol. The van der Waals surface area contributed by atoms with Gasteiger partial charge in [-0.15, -0.1) is 23.7 Å². The highest BCUT2D eigenvalue weighted by Gasteiger charge is 2.21. The zero-order chi connectivity index (χ0) is 19.1. The van der Waals surface area contributed by atoms with Crippen LogP contribution in [-0.4, -0.2) is 33.4 Å². The van der Waals surface area contributed by atoms with E-state index in [9.17, 15) is 0 Å². The zero-order valence-corrected chi connectivity index (χ0v) is 18.0. The molecule has 7 nitrogen and oxygen atoms in total. The standard InChI is InChI=1S/C19H21N5O2S.ClH/c1-9(20-5)6-16-22-18(25-24-16)14-8-15(13-7-10(2)27-12(13)4)21-19-17(14)11(3)23-26-19;/h7-9,20H,6H2,1-5H3;1H. The Bertz CT molecular complexity index is 1120. The van der Waals surface area contributed by atoms with Crippen LogP contribution in [0, 0.1) is 20.8 Å². The highest BCUT2D eigenvalue weighted by atomic mass is 35.5. The molecule has 0 aliphatic rings. The molecule has 4 aromatic rings. The molecule has 0 spiro atoms. The van der Waals surface area contributed by atoms with Crippen LogP contribution in [0.4, 0.5) is 0 Å². The van der Waals surface area contributed by atoms with Crippen molar-refractivity contribution in [3.05, 3.63) is 33.4 Å². The van der Waals surface area contributed by atoms with Gasteiger partial charge in [-0.3, -0.25) is 0 Å². The first-order valence-electron chi connectivity index (χ1n) is 8.81. The Hall–Kier alpha value is -2.29. The summed E-state index contributed by atoms with van der Waals surface area (Å²) in [5.74, 6) is 1.12. The number of aryl methyl sites for hydroxylation is 3. The van der Waals surface area contributed by atoms with E-state index < -0.39 is 0 Å². The minimum absolute atomic E-state index is 0. The van der Waals surface area contributed by atoms with Gasteiger partial charge in [-0.05, 0) is 46.9 Å². The van der Waals surface area contributed by atoms with E-state index in [-0.39, 0.29) is 18.4 Å². The Kier molecular flexibility index (Phi) is 5.83. The van der Waals surface area contributed by atoms with Crippen LogP contribution in [0.25, 0.3) is 33.8 Å². The molecular weight excluding hydrogens is 398 g/mol. The Morgan fingerprint density at radius 2 is 1.86 bits per heavy atom. The third-order valence-electron chi connectivity index (χ3n) is 4.61. The van der Waals surface area contributed by atoms with Gasteiger partial charge in [0.25, 0.3) is 11.6 Å². The summed E-state index contributed by atoms with van der Waals surface area (Å²) in [5, 5.41) is 12.2. The number of hydrogen-bond donors (Lipinski definition) is 1. The van der Waals surface area contributed by atoms with Gasteiger partial charge in [0.15, 0.2) is 5.82 Å². The summed E-state index contributed by atoms with van der Waals surface area (Å²) in [6.07, 6.45) is 0.687. The third kappa shape index (κ3) is 3.67. The summed E-state index contributed by atoms with van der Waals surface area (Å²) >= 11 is 1.75. The second kappa shape index (κ2) is 7.98. The number of fused-ring (bicyclic) bond motifs is 1. The van der Waals surface area contributed by atoms with E-state index in [4.69, 9.17) is 9.05 Å². The van der Waals surface area contributed by atoms with Crippen LogP contribution in [0.3, 0.4) is 0 Å². The molecule has 1 unspecified atom stereocenters. The number of rotatable bonds is 5. The molecule has 1 atom stereocenters. The molecule has 0 saturated carbocycles. The maximum atomic E-state index is 5.57. The second-order valence-corrected chi connectivity index (χ2v) is 8.20. The van der Waals surface area contributed by atoms with Crippen LogP contribution in [0.2, 0.25) is 0 Å². The van der Waals surface area contributed by atoms with Crippen LogP contribution in [0.5, 0.6) is 0 Å². The molecule has 0 amide bonds. The van der Waals surface area contributed by atoms with Gasteiger partial charge in [0.2, 0.25) is 0 Å². The number of nitrogens with one attached hydrogen (secondary N) is 1. The van der Waals surface area contributed by atoms with Crippen molar-refractivity contribution in [2.75, 3.05) is 7.05 Å². The number of halogens is 1. The van der Waals surface area contributed by atoms with Gasteiger partial charge in [-0.25, -0.2) is 4.98 Å². The Morgan fingerprint density at radius 3 is 2.54 bits per heavy atom. The summed E-state index contributed by atoms with van der Waals surface area (Å²) in [6, 6.07) is 4.38. The van der Waals surface area contributed by atoms with E-state index in [2.05, 4.69) is 52.4 Å². The zero-order valence-electron chi connectivity index (χ0n) is 16.4. The maximum absolute atomic E-state index is 5.57. The van der Waals surface area contributed by atoms with Crippen molar-refractivity contribution in [3.8, 4) is 22.7 Å². The van der Waals surface area contributed by atoms with Crippen molar-refractivity contribution in [3.63, 3.8) is 0 Å². The maximum Gasteiger partial charge on any atom is 0.259 e. The van der Waals surface area contributed by atoms with Gasteiger partial charge in [0.1, 0.15) is 0 Å². The van der Waals surface area contributed by atoms with Crippen molar-refractivity contribution >= 4 is 34.8 Å². The number of nitrogens with zero attached hydrogens (tertiary/aromatic N) is 4. The van der Waals surface area contributed by atoms with Gasteiger partial charge >= 0.3 is 0 Å². The fraction of sp³-hybridized carbons (Fsp3) is 0.368. The smallest absolute Gasteiger partial charge is 0.259 e. The lowest BCUT2D eigenvalue weighted by molar-refractivity contribution is 0.418. The molecule has 4 heterocycles. The predicted octanol–water partition coefficient (Wildman–Crippen LogP) is 4.50. The molecule has 0 aliphatic heterocycles. The van der Waals surface area contributed by atoms with Crippen molar-refractivity contribution in [1.82, 2.24) is 25.6 Å². The lowest BCUT2D eigenvalue weighted by Gasteiger charge is -2.05. The molecule has 4 aromatic heterocycles. The molecule has 0 aliphatic carbocycles. The van der Waals surface area contributed by atoms with Crippen LogP contribution in [0.1, 0.15) is 28.2 Å². The number of hydrogen-bond acceptors (Lipinski definition) is 8. The molecule has 28 heavy (non-hydrogen) atoms. The first-order chi connectivity index (χ1) is 13.0. The quantitative estimate of drug-likeness (QED) is 0.509. The Balaban J connectivity index is 0.00000225. The molecule has 0 aromatic carbocycles. The predicted molar refractivity (Wildman–Crippen MR) is 112 cm³/mol. The average Bonchev–Trinajstić information content (AvgIpc) is 3.34. The summed E-state index contributed by atoms with van der Waals surface area (Å²) in [6.45, 7) is 8.14.